The third-order valence-electron chi connectivity index (χ3n) is 1.96. The molecule has 65 valence electrons. The number of benzene rings is 1. The second-order valence-corrected chi connectivity index (χ2v) is 2.79. The Bertz CT molecular complexity index is 394. The van der Waals surface area contributed by atoms with Crippen LogP contribution in [0.2, 0.25) is 0 Å². The molecule has 0 saturated heterocycles. The number of carbonyl (C=O) groups excluding carboxylic acids is 1. The van der Waals surface area contributed by atoms with Gasteiger partial charge in [-0.2, -0.15) is 8.78 Å². The van der Waals surface area contributed by atoms with Crippen LogP contribution in [0.4, 0.5) is 8.78 Å². The number of rotatable bonds is 0. The van der Waals surface area contributed by atoms with Gasteiger partial charge in [0.05, 0.1) is 0 Å². The van der Waals surface area contributed by atoms with Gasteiger partial charge in [0.2, 0.25) is 5.78 Å². The Balaban J connectivity index is 2.68. The summed E-state index contributed by atoms with van der Waals surface area (Å²) in [7, 11) is 0. The van der Waals surface area contributed by atoms with Gasteiger partial charge in [-0.25, -0.2) is 0 Å². The summed E-state index contributed by atoms with van der Waals surface area (Å²) in [5.74, 6) is -4.54. The van der Waals surface area contributed by atoms with Crippen molar-refractivity contribution < 1.29 is 13.6 Å². The molecule has 0 bridgehead atoms. The minimum Gasteiger partial charge on any atom is -0.288 e. The standard InChI is InChI=1S/C10H5F2O/c11-10(12)8-4-2-1-3-7(8)5-6-9(10)13/h2-6H. The van der Waals surface area contributed by atoms with Gasteiger partial charge >= 0.3 is 5.92 Å². The van der Waals surface area contributed by atoms with E-state index in [2.05, 4.69) is 6.07 Å². The Labute approximate surface area is 73.7 Å². The molecular formula is C10H5F2O. The maximum Gasteiger partial charge on any atom is 0.334 e. The SMILES string of the molecule is O=C1C=Cc2c[c]ccc2C1(F)F. The predicted molar refractivity (Wildman–Crippen MR) is 43.2 cm³/mol. The van der Waals surface area contributed by atoms with Gasteiger partial charge in [-0.15, -0.1) is 0 Å². The van der Waals surface area contributed by atoms with Crippen molar-refractivity contribution in [3.63, 3.8) is 0 Å². The highest BCUT2D eigenvalue weighted by Gasteiger charge is 2.42. The van der Waals surface area contributed by atoms with Gasteiger partial charge in [-0.05, 0) is 23.8 Å². The molecule has 0 amide bonds. The van der Waals surface area contributed by atoms with Crippen LogP contribution in [0.1, 0.15) is 11.1 Å². The predicted octanol–water partition coefficient (Wildman–Crippen LogP) is 2.17. The van der Waals surface area contributed by atoms with E-state index >= 15 is 0 Å². The summed E-state index contributed by atoms with van der Waals surface area (Å²) in [4.78, 5) is 10.8. The zero-order chi connectivity index (χ0) is 9.47. The third kappa shape index (κ3) is 1.08. The molecule has 1 aromatic rings. The number of fused-ring (bicyclic) bond motifs is 1. The van der Waals surface area contributed by atoms with Crippen LogP contribution in [0.25, 0.3) is 6.08 Å². The summed E-state index contributed by atoms with van der Waals surface area (Å²) in [6.45, 7) is 0. The molecule has 3 heteroatoms. The van der Waals surface area contributed by atoms with E-state index in [0.717, 1.165) is 6.08 Å². The summed E-state index contributed by atoms with van der Waals surface area (Å²) in [5.41, 5.74) is 0.117. The van der Waals surface area contributed by atoms with Gasteiger partial charge in [0.1, 0.15) is 0 Å². The summed E-state index contributed by atoms with van der Waals surface area (Å²) < 4.78 is 26.4. The van der Waals surface area contributed by atoms with Crippen molar-refractivity contribution in [2.24, 2.45) is 0 Å². The van der Waals surface area contributed by atoms with Crippen molar-refractivity contribution in [1.29, 1.82) is 0 Å². The van der Waals surface area contributed by atoms with Crippen molar-refractivity contribution in [3.8, 4) is 0 Å². The Kier molecular flexibility index (Phi) is 1.55. The Morgan fingerprint density at radius 1 is 1.31 bits per heavy atom. The second kappa shape index (κ2) is 2.49. The lowest BCUT2D eigenvalue weighted by molar-refractivity contribution is -0.139. The zero-order valence-corrected chi connectivity index (χ0v) is 6.55. The topological polar surface area (TPSA) is 17.1 Å². The van der Waals surface area contributed by atoms with Crippen LogP contribution in [0.5, 0.6) is 0 Å². The lowest BCUT2D eigenvalue weighted by Gasteiger charge is -2.19. The van der Waals surface area contributed by atoms with Crippen LogP contribution in [0, 0.1) is 6.07 Å². The average molecular weight is 179 g/mol. The maximum atomic E-state index is 13.2. The smallest absolute Gasteiger partial charge is 0.288 e. The Morgan fingerprint density at radius 2 is 2.08 bits per heavy atom. The number of alkyl halides is 2. The molecule has 1 nitrogen and oxygen atoms in total. The molecule has 0 fully saturated rings. The molecular weight excluding hydrogens is 174 g/mol. The van der Waals surface area contributed by atoms with E-state index in [4.69, 9.17) is 0 Å². The average Bonchev–Trinajstić information content (AvgIpc) is 2.13. The fourth-order valence-corrected chi connectivity index (χ4v) is 1.27. The third-order valence-corrected chi connectivity index (χ3v) is 1.96. The van der Waals surface area contributed by atoms with Crippen molar-refractivity contribution in [2.45, 2.75) is 5.92 Å². The fraction of sp³-hybridized carbons (Fsp3) is 0.100. The minimum atomic E-state index is -3.38. The highest BCUT2D eigenvalue weighted by molar-refractivity contribution is 6.02. The summed E-state index contributed by atoms with van der Waals surface area (Å²) in [6, 6.07) is 6.71. The van der Waals surface area contributed by atoms with Crippen LogP contribution in [-0.4, -0.2) is 5.78 Å². The maximum absolute atomic E-state index is 13.2. The second-order valence-electron chi connectivity index (χ2n) is 2.79. The number of hydrogen-bond acceptors (Lipinski definition) is 1. The van der Waals surface area contributed by atoms with Gasteiger partial charge in [-0.3, -0.25) is 4.79 Å². The molecule has 0 aromatic heterocycles. The van der Waals surface area contributed by atoms with Crippen LogP contribution in [0.15, 0.2) is 24.3 Å². The van der Waals surface area contributed by atoms with Crippen molar-refractivity contribution in [3.05, 3.63) is 41.5 Å². The molecule has 0 N–H and O–H groups in total. The van der Waals surface area contributed by atoms with Crippen LogP contribution in [-0.2, 0) is 10.7 Å². The normalized spacial score (nSPS) is 18.5. The molecule has 1 aliphatic rings. The molecule has 0 heterocycles. The molecule has 0 saturated carbocycles. The molecule has 0 spiro atoms. The van der Waals surface area contributed by atoms with E-state index in [1.165, 1.54) is 24.3 Å². The number of allylic oxidation sites excluding steroid dienone is 1. The molecule has 0 unspecified atom stereocenters. The lowest BCUT2D eigenvalue weighted by atomic mass is 9.93. The van der Waals surface area contributed by atoms with E-state index in [1.54, 1.807) is 0 Å². The molecule has 0 aliphatic heterocycles. The lowest BCUT2D eigenvalue weighted by Crippen LogP contribution is -2.27. The first kappa shape index (κ1) is 8.10. The quantitative estimate of drug-likeness (QED) is 0.596. The summed E-state index contributed by atoms with van der Waals surface area (Å²) >= 11 is 0. The van der Waals surface area contributed by atoms with Gasteiger partial charge in [0.15, 0.2) is 0 Å². The number of ketones is 1. The van der Waals surface area contributed by atoms with E-state index in [0.29, 0.717) is 5.56 Å². The molecule has 13 heavy (non-hydrogen) atoms. The van der Waals surface area contributed by atoms with Crippen LogP contribution >= 0.6 is 0 Å². The molecule has 1 radical (unpaired) electrons. The van der Waals surface area contributed by atoms with Gasteiger partial charge < -0.3 is 0 Å². The van der Waals surface area contributed by atoms with Gasteiger partial charge in [-0.1, -0.05) is 18.2 Å². The minimum absolute atomic E-state index is 0.237. The Morgan fingerprint density at radius 3 is 2.85 bits per heavy atom. The number of hydrogen-bond donors (Lipinski definition) is 0. The largest absolute Gasteiger partial charge is 0.334 e. The van der Waals surface area contributed by atoms with Crippen LogP contribution < -0.4 is 0 Å². The summed E-state index contributed by atoms with van der Waals surface area (Å²) in [6.07, 6.45) is 2.28. The highest BCUT2D eigenvalue weighted by atomic mass is 19.3. The van der Waals surface area contributed by atoms with E-state index < -0.39 is 11.7 Å². The van der Waals surface area contributed by atoms with E-state index in [1.807, 2.05) is 0 Å². The molecule has 1 aromatic carbocycles. The first-order valence-electron chi connectivity index (χ1n) is 3.73. The first-order chi connectivity index (χ1) is 6.12. The number of halogens is 2. The van der Waals surface area contributed by atoms with Gasteiger partial charge in [0, 0.05) is 5.56 Å². The number of carbonyl (C=O) groups is 1. The molecule has 2 rings (SSSR count). The zero-order valence-electron chi connectivity index (χ0n) is 6.55. The van der Waals surface area contributed by atoms with E-state index in [9.17, 15) is 13.6 Å². The first-order valence-corrected chi connectivity index (χ1v) is 3.73. The Hall–Kier alpha value is -1.51. The van der Waals surface area contributed by atoms with Crippen LogP contribution in [0.3, 0.4) is 0 Å². The molecule has 1 aliphatic carbocycles. The monoisotopic (exact) mass is 179 g/mol. The highest BCUT2D eigenvalue weighted by Crippen LogP contribution is 2.35. The fourth-order valence-electron chi connectivity index (χ4n) is 1.27. The molecule has 0 atom stereocenters. The van der Waals surface area contributed by atoms with E-state index in [-0.39, 0.29) is 5.56 Å². The van der Waals surface area contributed by atoms with Crippen molar-refractivity contribution in [1.82, 2.24) is 0 Å². The van der Waals surface area contributed by atoms with Gasteiger partial charge in [0.25, 0.3) is 0 Å². The summed E-state index contributed by atoms with van der Waals surface area (Å²) in [5, 5.41) is 0. The van der Waals surface area contributed by atoms with Crippen molar-refractivity contribution in [2.75, 3.05) is 0 Å². The van der Waals surface area contributed by atoms with Crippen molar-refractivity contribution >= 4 is 11.9 Å².